The second kappa shape index (κ2) is 9.03. The van der Waals surface area contributed by atoms with Crippen molar-refractivity contribution in [2.45, 2.75) is 19.0 Å². The Morgan fingerprint density at radius 3 is 2.64 bits per heavy atom. The standard InChI is InChI=1S/C18H18ClFN2O3/c1-25-17(23)10-16(14-7-2-3-8-15(14)19)22-18(24)21-11-12-5-4-6-13(20)9-12/h2-9,16H,10-11H2,1H3,(H2,21,22,24). The summed E-state index contributed by atoms with van der Waals surface area (Å²) in [4.78, 5) is 23.8. The van der Waals surface area contributed by atoms with E-state index in [0.29, 0.717) is 16.1 Å². The Morgan fingerprint density at radius 2 is 1.96 bits per heavy atom. The summed E-state index contributed by atoms with van der Waals surface area (Å²) in [5, 5.41) is 5.75. The maximum Gasteiger partial charge on any atom is 0.315 e. The molecule has 2 N–H and O–H groups in total. The van der Waals surface area contributed by atoms with Crippen LogP contribution in [0.1, 0.15) is 23.6 Å². The van der Waals surface area contributed by atoms with Crippen molar-refractivity contribution in [1.82, 2.24) is 10.6 Å². The smallest absolute Gasteiger partial charge is 0.315 e. The third kappa shape index (κ3) is 5.76. The fourth-order valence-electron chi connectivity index (χ4n) is 2.28. The van der Waals surface area contributed by atoms with Gasteiger partial charge in [-0.05, 0) is 29.3 Å². The molecule has 2 rings (SSSR count). The molecule has 0 bridgehead atoms. The average Bonchev–Trinajstić information content (AvgIpc) is 2.60. The Kier molecular flexibility index (Phi) is 6.77. The van der Waals surface area contributed by atoms with Gasteiger partial charge >= 0.3 is 12.0 Å². The summed E-state index contributed by atoms with van der Waals surface area (Å²) in [6, 6.07) is 11.7. The lowest BCUT2D eigenvalue weighted by molar-refractivity contribution is -0.141. The van der Waals surface area contributed by atoms with Gasteiger partial charge in [0.2, 0.25) is 0 Å². The van der Waals surface area contributed by atoms with Gasteiger partial charge in [-0.15, -0.1) is 0 Å². The number of benzene rings is 2. The van der Waals surface area contributed by atoms with Gasteiger partial charge < -0.3 is 15.4 Å². The van der Waals surface area contributed by atoms with Crippen molar-refractivity contribution in [1.29, 1.82) is 0 Å². The highest BCUT2D eigenvalue weighted by Gasteiger charge is 2.20. The monoisotopic (exact) mass is 364 g/mol. The third-order valence-corrected chi connectivity index (χ3v) is 3.87. The molecule has 0 saturated carbocycles. The fourth-order valence-corrected chi connectivity index (χ4v) is 2.55. The van der Waals surface area contributed by atoms with Crippen LogP contribution in [0.5, 0.6) is 0 Å². The molecule has 0 spiro atoms. The molecule has 0 aliphatic rings. The largest absolute Gasteiger partial charge is 0.469 e. The molecule has 0 fully saturated rings. The fraction of sp³-hybridized carbons (Fsp3) is 0.222. The molecule has 2 aromatic rings. The lowest BCUT2D eigenvalue weighted by Gasteiger charge is -2.19. The number of rotatable bonds is 6. The minimum atomic E-state index is -0.645. The molecule has 2 amide bonds. The van der Waals surface area contributed by atoms with Crippen LogP contribution < -0.4 is 10.6 Å². The molecule has 0 heterocycles. The Balaban J connectivity index is 2.04. The molecule has 25 heavy (non-hydrogen) atoms. The number of carbonyl (C=O) groups excluding carboxylic acids is 2. The Bertz CT molecular complexity index is 755. The van der Waals surface area contributed by atoms with E-state index in [-0.39, 0.29) is 18.8 Å². The second-order valence-electron chi connectivity index (χ2n) is 5.31. The zero-order chi connectivity index (χ0) is 18.2. The van der Waals surface area contributed by atoms with Crippen molar-refractivity contribution in [3.63, 3.8) is 0 Å². The van der Waals surface area contributed by atoms with Crippen LogP contribution in [0.15, 0.2) is 48.5 Å². The second-order valence-corrected chi connectivity index (χ2v) is 5.72. The first-order valence-electron chi connectivity index (χ1n) is 7.59. The first-order chi connectivity index (χ1) is 12.0. The van der Waals surface area contributed by atoms with Gasteiger partial charge in [0.15, 0.2) is 0 Å². The molecule has 0 radical (unpaired) electrons. The van der Waals surface area contributed by atoms with Crippen LogP contribution in [-0.2, 0) is 16.1 Å². The van der Waals surface area contributed by atoms with E-state index < -0.39 is 18.0 Å². The summed E-state index contributed by atoms with van der Waals surface area (Å²) in [6.07, 6.45) is -0.0619. The van der Waals surface area contributed by atoms with Gasteiger partial charge in [0, 0.05) is 11.6 Å². The summed E-state index contributed by atoms with van der Waals surface area (Å²) in [6.45, 7) is 0.150. The predicted octanol–water partition coefficient (Wildman–Crippen LogP) is 3.58. The first-order valence-corrected chi connectivity index (χ1v) is 7.97. The Labute approximate surface area is 150 Å². The van der Waals surface area contributed by atoms with E-state index in [9.17, 15) is 14.0 Å². The van der Waals surface area contributed by atoms with Gasteiger partial charge in [0.25, 0.3) is 0 Å². The average molecular weight is 365 g/mol. The lowest BCUT2D eigenvalue weighted by Crippen LogP contribution is -2.38. The van der Waals surface area contributed by atoms with Gasteiger partial charge in [-0.1, -0.05) is 41.9 Å². The van der Waals surface area contributed by atoms with Crippen molar-refractivity contribution >= 4 is 23.6 Å². The molecule has 0 aliphatic carbocycles. The highest BCUT2D eigenvalue weighted by molar-refractivity contribution is 6.31. The number of halogens is 2. The van der Waals surface area contributed by atoms with Crippen molar-refractivity contribution in [2.75, 3.05) is 7.11 Å². The van der Waals surface area contributed by atoms with Crippen molar-refractivity contribution < 1.29 is 18.7 Å². The highest BCUT2D eigenvalue weighted by Crippen LogP contribution is 2.25. The molecule has 2 aromatic carbocycles. The van der Waals surface area contributed by atoms with Crippen LogP contribution >= 0.6 is 11.6 Å². The highest BCUT2D eigenvalue weighted by atomic mass is 35.5. The summed E-state index contributed by atoms with van der Waals surface area (Å²) < 4.78 is 17.8. The van der Waals surface area contributed by atoms with Crippen molar-refractivity contribution in [3.8, 4) is 0 Å². The number of ether oxygens (including phenoxy) is 1. The first kappa shape index (κ1) is 18.7. The predicted molar refractivity (Wildman–Crippen MR) is 92.6 cm³/mol. The van der Waals surface area contributed by atoms with E-state index in [2.05, 4.69) is 15.4 Å². The molecule has 0 aliphatic heterocycles. The van der Waals surface area contributed by atoms with Crippen LogP contribution in [0.3, 0.4) is 0 Å². The van der Waals surface area contributed by atoms with Crippen LogP contribution in [0.2, 0.25) is 5.02 Å². The number of hydrogen-bond donors (Lipinski definition) is 2. The minimum Gasteiger partial charge on any atom is -0.469 e. The minimum absolute atomic E-state index is 0.0619. The summed E-state index contributed by atoms with van der Waals surface area (Å²) in [7, 11) is 1.27. The number of nitrogens with one attached hydrogen (secondary N) is 2. The van der Waals surface area contributed by atoms with Crippen LogP contribution in [0, 0.1) is 5.82 Å². The van der Waals surface area contributed by atoms with E-state index in [0.717, 1.165) is 0 Å². The molecule has 5 nitrogen and oxygen atoms in total. The zero-order valence-corrected chi connectivity index (χ0v) is 14.3. The molecule has 0 aromatic heterocycles. The maximum atomic E-state index is 13.2. The topological polar surface area (TPSA) is 67.4 Å². The molecule has 1 atom stereocenters. The molecule has 7 heteroatoms. The van der Waals surface area contributed by atoms with E-state index in [1.807, 2.05) is 0 Å². The van der Waals surface area contributed by atoms with Crippen molar-refractivity contribution in [3.05, 3.63) is 70.5 Å². The van der Waals surface area contributed by atoms with Crippen LogP contribution in [0.4, 0.5) is 9.18 Å². The van der Waals surface area contributed by atoms with Gasteiger partial charge in [-0.3, -0.25) is 4.79 Å². The molecule has 1 unspecified atom stereocenters. The number of hydrogen-bond acceptors (Lipinski definition) is 3. The number of methoxy groups -OCH3 is 1. The number of esters is 1. The number of amides is 2. The van der Waals surface area contributed by atoms with Gasteiger partial charge in [-0.2, -0.15) is 0 Å². The van der Waals surface area contributed by atoms with Crippen LogP contribution in [0.25, 0.3) is 0 Å². The molecular formula is C18H18ClFN2O3. The maximum absolute atomic E-state index is 13.2. The molecule has 0 saturated heterocycles. The van der Waals surface area contributed by atoms with Gasteiger partial charge in [0.05, 0.1) is 19.6 Å². The summed E-state index contributed by atoms with van der Waals surface area (Å²) in [5.41, 5.74) is 1.23. The van der Waals surface area contributed by atoms with E-state index in [1.165, 1.54) is 19.2 Å². The van der Waals surface area contributed by atoms with Crippen LogP contribution in [-0.4, -0.2) is 19.1 Å². The zero-order valence-electron chi connectivity index (χ0n) is 13.6. The quantitative estimate of drug-likeness (QED) is 0.770. The van der Waals surface area contributed by atoms with Gasteiger partial charge in [0.1, 0.15) is 5.82 Å². The van der Waals surface area contributed by atoms with E-state index in [4.69, 9.17) is 11.6 Å². The van der Waals surface area contributed by atoms with Gasteiger partial charge in [-0.25, -0.2) is 9.18 Å². The normalized spacial score (nSPS) is 11.5. The Morgan fingerprint density at radius 1 is 1.20 bits per heavy atom. The molecular weight excluding hydrogens is 347 g/mol. The number of urea groups is 1. The molecule has 132 valence electrons. The Hall–Kier alpha value is -2.60. The summed E-state index contributed by atoms with van der Waals surface area (Å²) in [5.74, 6) is -0.852. The van der Waals surface area contributed by atoms with Crippen molar-refractivity contribution in [2.24, 2.45) is 0 Å². The number of carbonyl (C=O) groups is 2. The third-order valence-electron chi connectivity index (χ3n) is 3.53. The van der Waals surface area contributed by atoms with E-state index >= 15 is 0 Å². The lowest BCUT2D eigenvalue weighted by atomic mass is 10.0. The SMILES string of the molecule is COC(=O)CC(NC(=O)NCc1cccc(F)c1)c1ccccc1Cl. The van der Waals surface area contributed by atoms with E-state index in [1.54, 1.807) is 36.4 Å². The summed E-state index contributed by atoms with van der Waals surface area (Å²) >= 11 is 6.15.